The Labute approximate surface area is 271 Å². The first kappa shape index (κ1) is 32.9. The first-order chi connectivity index (χ1) is 22.1. The van der Waals surface area contributed by atoms with Crippen LogP contribution in [0.25, 0.3) is 5.65 Å². The highest BCUT2D eigenvalue weighted by molar-refractivity contribution is 7.89. The van der Waals surface area contributed by atoms with Crippen LogP contribution in [0.2, 0.25) is 0 Å². The molecule has 0 bridgehead atoms. The molecule has 0 aliphatic carbocycles. The van der Waals surface area contributed by atoms with Crippen molar-refractivity contribution in [3.8, 4) is 5.88 Å². The second-order valence-electron chi connectivity index (χ2n) is 13.0. The third kappa shape index (κ3) is 5.76. The molecule has 1 aromatic carbocycles. The van der Waals surface area contributed by atoms with Gasteiger partial charge in [0.25, 0.3) is 6.43 Å². The summed E-state index contributed by atoms with van der Waals surface area (Å²) in [6, 6.07) is 10.3. The molecule has 2 aliphatic rings. The van der Waals surface area contributed by atoms with Gasteiger partial charge in [0.2, 0.25) is 21.7 Å². The minimum Gasteiger partial charge on any atom is -0.481 e. The predicted molar refractivity (Wildman–Crippen MR) is 167 cm³/mol. The molecule has 6 rings (SSSR count). The number of carboxylic acid groups (broad SMARTS) is 1. The SMILES string of the molecule is Cc1ccc2c(n1)OC1(CCOCC1)CN(Cc1cc(C(c3ccn4c(C(F)F)nnc4c3C)C(C)(C)C(=O)O)ccc1C)S2(=O)=O. The van der Waals surface area contributed by atoms with Crippen LogP contribution in [0, 0.1) is 26.2 Å². The summed E-state index contributed by atoms with van der Waals surface area (Å²) in [5, 5.41) is 18.0. The van der Waals surface area contributed by atoms with Crippen molar-refractivity contribution in [1.82, 2.24) is 23.9 Å². The van der Waals surface area contributed by atoms with Gasteiger partial charge in [-0.05, 0) is 80.6 Å². The maximum Gasteiger partial charge on any atom is 0.310 e. The average Bonchev–Trinajstić information content (AvgIpc) is 3.42. The summed E-state index contributed by atoms with van der Waals surface area (Å²) in [6.07, 6.45) is -0.433. The second-order valence-corrected chi connectivity index (χ2v) is 14.9. The number of aryl methyl sites for hydroxylation is 3. The number of carbonyl (C=O) groups is 1. The van der Waals surface area contributed by atoms with E-state index in [0.717, 1.165) is 5.56 Å². The average molecular weight is 670 g/mol. The molecule has 1 saturated heterocycles. The molecule has 47 heavy (non-hydrogen) atoms. The highest BCUT2D eigenvalue weighted by atomic mass is 32.2. The lowest BCUT2D eigenvalue weighted by molar-refractivity contribution is -0.147. The van der Waals surface area contributed by atoms with Crippen molar-refractivity contribution in [2.45, 2.75) is 76.8 Å². The number of benzene rings is 1. The number of ether oxygens (including phenoxy) is 2. The fourth-order valence-electron chi connectivity index (χ4n) is 6.63. The summed E-state index contributed by atoms with van der Waals surface area (Å²) in [4.78, 5) is 17.2. The lowest BCUT2D eigenvalue weighted by Crippen LogP contribution is -2.50. The highest BCUT2D eigenvalue weighted by Gasteiger charge is 2.46. The topological polar surface area (TPSA) is 136 Å². The summed E-state index contributed by atoms with van der Waals surface area (Å²) in [7, 11) is -4.06. The number of fused-ring (bicyclic) bond motifs is 2. The Kier molecular flexibility index (Phi) is 8.33. The molecule has 0 amide bonds. The largest absolute Gasteiger partial charge is 0.481 e. The van der Waals surface area contributed by atoms with Gasteiger partial charge in [0.05, 0.1) is 25.2 Å². The molecule has 1 atom stereocenters. The molecule has 14 heteroatoms. The molecule has 0 radical (unpaired) electrons. The summed E-state index contributed by atoms with van der Waals surface area (Å²) < 4.78 is 70.2. The number of pyridine rings is 2. The van der Waals surface area contributed by atoms with Crippen LogP contribution in [0.1, 0.15) is 78.4 Å². The van der Waals surface area contributed by atoms with Crippen molar-refractivity contribution in [3.63, 3.8) is 0 Å². The molecule has 4 aromatic rings. The number of nitrogens with zero attached hydrogens (tertiary/aromatic N) is 5. The molecule has 1 spiro atoms. The fourth-order valence-corrected chi connectivity index (χ4v) is 8.17. The lowest BCUT2D eigenvalue weighted by Gasteiger charge is -2.38. The molecule has 0 saturated carbocycles. The van der Waals surface area contributed by atoms with E-state index >= 15 is 0 Å². The molecule has 1 unspecified atom stereocenters. The van der Waals surface area contributed by atoms with Gasteiger partial charge in [-0.15, -0.1) is 10.2 Å². The molecule has 11 nitrogen and oxygen atoms in total. The van der Waals surface area contributed by atoms with E-state index < -0.39 is 45.2 Å². The van der Waals surface area contributed by atoms with Gasteiger partial charge < -0.3 is 14.6 Å². The number of sulfonamides is 1. The van der Waals surface area contributed by atoms with Crippen LogP contribution in [0.3, 0.4) is 0 Å². The molecule has 1 N–H and O–H groups in total. The number of aliphatic carboxylic acids is 1. The van der Waals surface area contributed by atoms with E-state index in [0.29, 0.717) is 54.0 Å². The van der Waals surface area contributed by atoms with Gasteiger partial charge in [-0.3, -0.25) is 9.20 Å². The van der Waals surface area contributed by atoms with Crippen molar-refractivity contribution in [1.29, 1.82) is 0 Å². The van der Waals surface area contributed by atoms with Crippen LogP contribution in [0.5, 0.6) is 5.88 Å². The van der Waals surface area contributed by atoms with E-state index in [2.05, 4.69) is 15.2 Å². The summed E-state index contributed by atoms with van der Waals surface area (Å²) in [5.41, 5.74) is 1.87. The van der Waals surface area contributed by atoms with E-state index in [1.54, 1.807) is 39.8 Å². The van der Waals surface area contributed by atoms with Gasteiger partial charge >= 0.3 is 5.97 Å². The highest BCUT2D eigenvalue weighted by Crippen LogP contribution is 2.44. The lowest BCUT2D eigenvalue weighted by atomic mass is 9.70. The number of rotatable bonds is 7. The Morgan fingerprint density at radius 1 is 1.09 bits per heavy atom. The summed E-state index contributed by atoms with van der Waals surface area (Å²) in [6.45, 7) is 9.50. The van der Waals surface area contributed by atoms with E-state index in [1.165, 1.54) is 21.0 Å². The van der Waals surface area contributed by atoms with Crippen LogP contribution < -0.4 is 4.74 Å². The van der Waals surface area contributed by atoms with Gasteiger partial charge in [0.15, 0.2) is 5.65 Å². The first-order valence-corrected chi connectivity index (χ1v) is 16.8. The van der Waals surface area contributed by atoms with Gasteiger partial charge in [0, 0.05) is 37.2 Å². The molecule has 1 fully saturated rings. The second kappa shape index (κ2) is 11.9. The monoisotopic (exact) mass is 669 g/mol. The Bertz CT molecular complexity index is 1970. The number of carboxylic acids is 1. The zero-order valence-corrected chi connectivity index (χ0v) is 27.6. The maximum absolute atomic E-state index is 14.2. The number of hydrogen-bond acceptors (Lipinski definition) is 8. The molecular weight excluding hydrogens is 632 g/mol. The van der Waals surface area contributed by atoms with Crippen molar-refractivity contribution >= 4 is 21.6 Å². The van der Waals surface area contributed by atoms with E-state index in [4.69, 9.17) is 9.47 Å². The third-order valence-electron chi connectivity index (χ3n) is 9.49. The van der Waals surface area contributed by atoms with Crippen molar-refractivity contribution in [2.75, 3.05) is 19.8 Å². The Morgan fingerprint density at radius 3 is 2.49 bits per heavy atom. The Morgan fingerprint density at radius 2 is 1.81 bits per heavy atom. The normalized spacial score (nSPS) is 18.6. The fraction of sp³-hybridized carbons (Fsp3) is 0.455. The van der Waals surface area contributed by atoms with Crippen LogP contribution in [-0.4, -0.2) is 68.7 Å². The van der Waals surface area contributed by atoms with Crippen molar-refractivity contribution in [2.24, 2.45) is 5.41 Å². The molecule has 2 aliphatic heterocycles. The van der Waals surface area contributed by atoms with Crippen LogP contribution in [0.4, 0.5) is 8.78 Å². The zero-order chi connectivity index (χ0) is 33.9. The standard InChI is InChI=1S/C33H37F2N5O6S/c1-19-6-8-22(26(32(4,5)31(41)42)24-10-13-40-28(21(24)3)37-38-29(40)27(34)35)16-23(19)17-39-18-33(11-14-45-15-12-33)46-30-25(47(39,43)44)9-7-20(2)36-30/h6-10,13,16,26-27H,11-12,14-15,17-18H2,1-5H3,(H,41,42). The van der Waals surface area contributed by atoms with Gasteiger partial charge in [-0.25, -0.2) is 22.2 Å². The van der Waals surface area contributed by atoms with Gasteiger partial charge in [-0.1, -0.05) is 18.2 Å². The molecule has 5 heterocycles. The minimum absolute atomic E-state index is 0.00144. The number of aromatic nitrogens is 4. The van der Waals surface area contributed by atoms with E-state index in [-0.39, 0.29) is 29.5 Å². The summed E-state index contributed by atoms with van der Waals surface area (Å²) in [5.74, 6) is -2.24. The molecular formula is C33H37F2N5O6S. The third-order valence-corrected chi connectivity index (χ3v) is 11.3. The molecule has 250 valence electrons. The number of halogens is 2. The maximum atomic E-state index is 14.2. The predicted octanol–water partition coefficient (Wildman–Crippen LogP) is 5.36. The zero-order valence-electron chi connectivity index (χ0n) is 26.8. The minimum atomic E-state index is -4.06. The van der Waals surface area contributed by atoms with E-state index in [1.807, 2.05) is 25.1 Å². The smallest absolute Gasteiger partial charge is 0.310 e. The first-order valence-electron chi connectivity index (χ1n) is 15.3. The number of hydrogen-bond donors (Lipinski definition) is 1. The quantitative estimate of drug-likeness (QED) is 0.276. The van der Waals surface area contributed by atoms with Crippen LogP contribution >= 0.6 is 0 Å². The van der Waals surface area contributed by atoms with E-state index in [9.17, 15) is 27.1 Å². The van der Waals surface area contributed by atoms with Crippen molar-refractivity contribution < 1.29 is 36.6 Å². The van der Waals surface area contributed by atoms with Crippen molar-refractivity contribution in [3.05, 3.63) is 81.9 Å². The Hall–Kier alpha value is -4.01. The summed E-state index contributed by atoms with van der Waals surface area (Å²) >= 11 is 0. The van der Waals surface area contributed by atoms with Gasteiger partial charge in [0.1, 0.15) is 10.5 Å². The number of alkyl halides is 2. The van der Waals surface area contributed by atoms with Gasteiger partial charge in [-0.2, -0.15) is 4.31 Å². The Balaban J connectivity index is 1.46. The van der Waals surface area contributed by atoms with Crippen LogP contribution in [-0.2, 0) is 26.1 Å². The van der Waals surface area contributed by atoms with Crippen LogP contribution in [0.15, 0.2) is 47.5 Å². The molecule has 3 aromatic heterocycles.